The van der Waals surface area contributed by atoms with Gasteiger partial charge in [-0.15, -0.1) is 0 Å². The van der Waals surface area contributed by atoms with E-state index in [9.17, 15) is 14.4 Å². The quantitative estimate of drug-likeness (QED) is 0.166. The molecule has 212 valence electrons. The molecule has 5 rings (SSSR count). The fourth-order valence-corrected chi connectivity index (χ4v) is 4.85. The summed E-state index contributed by atoms with van der Waals surface area (Å²) in [5.74, 6) is -0.313. The second-order valence-electron chi connectivity index (χ2n) is 9.36. The molecule has 0 saturated heterocycles. The Morgan fingerprint density at radius 1 is 1.02 bits per heavy atom. The molecule has 2 N–H and O–H groups in total. The van der Waals surface area contributed by atoms with Gasteiger partial charge in [-0.2, -0.15) is 5.26 Å². The van der Waals surface area contributed by atoms with E-state index in [1.165, 1.54) is 37.3 Å². The van der Waals surface area contributed by atoms with Gasteiger partial charge in [0.25, 0.3) is 0 Å². The zero-order valence-electron chi connectivity index (χ0n) is 22.1. The molecule has 10 heteroatoms. The van der Waals surface area contributed by atoms with Crippen LogP contribution in [0, 0.1) is 17.1 Å². The van der Waals surface area contributed by atoms with Crippen molar-refractivity contribution in [3.8, 4) is 29.1 Å². The minimum atomic E-state index is -0.971. The average molecular weight is 605 g/mol. The lowest BCUT2D eigenvalue weighted by Gasteiger charge is -2.27. The zero-order chi connectivity index (χ0) is 29.8. The van der Waals surface area contributed by atoms with Crippen molar-refractivity contribution < 1.29 is 28.1 Å². The van der Waals surface area contributed by atoms with Crippen molar-refractivity contribution in [1.29, 1.82) is 5.26 Å². The first kappa shape index (κ1) is 28.8. The summed E-state index contributed by atoms with van der Waals surface area (Å²) in [5, 5.41) is 11.0. The maximum Gasteiger partial charge on any atom is 0.352 e. The van der Waals surface area contributed by atoms with Crippen LogP contribution >= 0.6 is 23.2 Å². The van der Waals surface area contributed by atoms with Gasteiger partial charge < -0.3 is 24.7 Å². The summed E-state index contributed by atoms with van der Waals surface area (Å²) in [4.78, 5) is 12.7. The van der Waals surface area contributed by atoms with E-state index in [-0.39, 0.29) is 23.8 Å². The first-order valence-corrected chi connectivity index (χ1v) is 13.5. The molecule has 2 atom stereocenters. The van der Waals surface area contributed by atoms with E-state index in [4.69, 9.17) is 47.9 Å². The molecule has 4 aromatic rings. The molecule has 0 saturated carbocycles. The number of carbonyl (C=O) groups is 1. The van der Waals surface area contributed by atoms with Crippen LogP contribution < -0.4 is 24.7 Å². The highest BCUT2D eigenvalue weighted by atomic mass is 35.5. The largest absolute Gasteiger partial charge is 0.489 e. The first-order valence-electron chi connectivity index (χ1n) is 12.7. The maximum absolute atomic E-state index is 13.2. The number of hydrogen-bond acceptors (Lipinski definition) is 7. The molecule has 1 aliphatic heterocycles. The van der Waals surface area contributed by atoms with E-state index >= 15 is 0 Å². The predicted molar refractivity (Wildman–Crippen MR) is 155 cm³/mol. The van der Waals surface area contributed by atoms with Gasteiger partial charge in [0.1, 0.15) is 47.1 Å². The summed E-state index contributed by atoms with van der Waals surface area (Å²) in [6.07, 6.45) is -0.971. The van der Waals surface area contributed by atoms with Crippen LogP contribution in [0.1, 0.15) is 29.5 Å². The van der Waals surface area contributed by atoms with Crippen molar-refractivity contribution in [2.45, 2.75) is 25.6 Å². The maximum atomic E-state index is 13.2. The number of nitrogens with zero attached hydrogens (tertiary/aromatic N) is 1. The topological polar surface area (TPSA) is 104 Å². The van der Waals surface area contributed by atoms with Gasteiger partial charge in [-0.1, -0.05) is 47.5 Å². The number of allylic oxidation sites excluding steroid dienone is 1. The Bertz CT molecular complexity index is 1720. The third kappa shape index (κ3) is 6.44. The smallest absolute Gasteiger partial charge is 0.352 e. The molecule has 0 bridgehead atoms. The normalized spacial score (nSPS) is 14.7. The number of fused-ring (bicyclic) bond motifs is 1. The lowest BCUT2D eigenvalue weighted by atomic mass is 9.83. The average Bonchev–Trinajstić information content (AvgIpc) is 2.97. The summed E-state index contributed by atoms with van der Waals surface area (Å²) in [6.45, 7) is 1.73. The molecule has 0 aliphatic carbocycles. The van der Waals surface area contributed by atoms with E-state index in [1.54, 1.807) is 36.4 Å². The van der Waals surface area contributed by atoms with Crippen LogP contribution in [0.25, 0.3) is 0 Å². The molecular weight excluding hydrogens is 582 g/mol. The number of nitriles is 1. The molecular formula is C32H23Cl2FN2O5. The minimum Gasteiger partial charge on any atom is -0.489 e. The molecule has 4 aromatic carbocycles. The van der Waals surface area contributed by atoms with E-state index in [0.717, 1.165) is 11.1 Å². The minimum absolute atomic E-state index is 0.0641. The van der Waals surface area contributed by atoms with Gasteiger partial charge in [-0.05, 0) is 67.1 Å². The summed E-state index contributed by atoms with van der Waals surface area (Å²) in [6, 6.07) is 24.7. The summed E-state index contributed by atoms with van der Waals surface area (Å²) >= 11 is 12.3. The van der Waals surface area contributed by atoms with E-state index < -0.39 is 23.8 Å². The Morgan fingerprint density at radius 2 is 1.79 bits per heavy atom. The molecule has 0 amide bonds. The molecule has 0 aromatic heterocycles. The highest BCUT2D eigenvalue weighted by Gasteiger charge is 2.31. The van der Waals surface area contributed by atoms with Gasteiger partial charge >= 0.3 is 5.97 Å². The van der Waals surface area contributed by atoms with Crippen molar-refractivity contribution in [1.82, 2.24) is 0 Å². The summed E-state index contributed by atoms with van der Waals surface area (Å²) in [7, 11) is 0. The Kier molecular flexibility index (Phi) is 8.53. The number of hydrogen-bond donors (Lipinski definition) is 1. The molecule has 1 heterocycles. The monoisotopic (exact) mass is 604 g/mol. The Morgan fingerprint density at radius 3 is 2.52 bits per heavy atom. The Labute approximate surface area is 251 Å². The van der Waals surface area contributed by atoms with Crippen molar-refractivity contribution in [2.24, 2.45) is 5.73 Å². The van der Waals surface area contributed by atoms with E-state index in [2.05, 4.69) is 6.07 Å². The standard InChI is InChI=1S/C32H23Cl2FN2O5/c1-18(40-23-9-7-22(35)8-10-23)32(38)41-25-11-12-26-29(15-25)42-31(37)27(16-36)30(26)19-3-2-4-24(13-19)39-17-20-5-6-21(33)14-28(20)34/h2-15,18,30H,17,37H2,1H3. The number of rotatable bonds is 8. The highest BCUT2D eigenvalue weighted by molar-refractivity contribution is 6.35. The van der Waals surface area contributed by atoms with Crippen LogP contribution in [0.15, 0.2) is 96.4 Å². The second kappa shape index (κ2) is 12.4. The number of esters is 1. The number of benzene rings is 4. The highest BCUT2D eigenvalue weighted by Crippen LogP contribution is 2.44. The number of nitrogens with two attached hydrogens (primary N) is 1. The van der Waals surface area contributed by atoms with Crippen LogP contribution in [0.5, 0.6) is 23.0 Å². The van der Waals surface area contributed by atoms with Crippen molar-refractivity contribution in [2.75, 3.05) is 0 Å². The molecule has 0 fully saturated rings. The predicted octanol–water partition coefficient (Wildman–Crippen LogP) is 7.30. The SMILES string of the molecule is CC(Oc1ccc(F)cc1)C(=O)Oc1ccc2c(c1)OC(N)=C(C#N)C2c1cccc(OCc2ccc(Cl)cc2Cl)c1. The van der Waals surface area contributed by atoms with Crippen molar-refractivity contribution in [3.05, 3.63) is 129 Å². The molecule has 0 spiro atoms. The molecule has 7 nitrogen and oxygen atoms in total. The fourth-order valence-electron chi connectivity index (χ4n) is 4.39. The fraction of sp³-hybridized carbons (Fsp3) is 0.125. The van der Waals surface area contributed by atoms with Crippen LogP contribution in [0.2, 0.25) is 10.0 Å². The van der Waals surface area contributed by atoms with Gasteiger partial charge in [-0.25, -0.2) is 9.18 Å². The molecule has 2 unspecified atom stereocenters. The molecule has 1 aliphatic rings. The van der Waals surface area contributed by atoms with Crippen LogP contribution in [0.3, 0.4) is 0 Å². The van der Waals surface area contributed by atoms with Crippen molar-refractivity contribution >= 4 is 29.2 Å². The van der Waals surface area contributed by atoms with Gasteiger partial charge in [0.15, 0.2) is 6.10 Å². The van der Waals surface area contributed by atoms with Crippen LogP contribution in [-0.4, -0.2) is 12.1 Å². The number of halogens is 3. The first-order chi connectivity index (χ1) is 20.2. The van der Waals surface area contributed by atoms with Gasteiger partial charge in [0.05, 0.1) is 5.92 Å². The van der Waals surface area contributed by atoms with Gasteiger partial charge in [-0.3, -0.25) is 0 Å². The Hall–Kier alpha value is -4.71. The van der Waals surface area contributed by atoms with Crippen LogP contribution in [0.4, 0.5) is 4.39 Å². The Balaban J connectivity index is 1.35. The van der Waals surface area contributed by atoms with Crippen molar-refractivity contribution in [3.63, 3.8) is 0 Å². The van der Waals surface area contributed by atoms with Gasteiger partial charge in [0, 0.05) is 27.2 Å². The molecule has 42 heavy (non-hydrogen) atoms. The van der Waals surface area contributed by atoms with E-state index in [0.29, 0.717) is 32.9 Å². The zero-order valence-corrected chi connectivity index (χ0v) is 23.7. The van der Waals surface area contributed by atoms with E-state index in [1.807, 2.05) is 18.2 Å². The van der Waals surface area contributed by atoms with Gasteiger partial charge in [0.2, 0.25) is 5.88 Å². The second-order valence-corrected chi connectivity index (χ2v) is 10.2. The lowest BCUT2D eigenvalue weighted by molar-refractivity contribution is -0.141. The third-order valence-corrected chi connectivity index (χ3v) is 7.06. The summed E-state index contributed by atoms with van der Waals surface area (Å²) in [5.41, 5.74) is 8.54. The third-order valence-electron chi connectivity index (χ3n) is 6.47. The number of carbonyl (C=O) groups excluding carboxylic acids is 1. The summed E-state index contributed by atoms with van der Waals surface area (Å²) < 4.78 is 35.9. The lowest BCUT2D eigenvalue weighted by Crippen LogP contribution is -2.28. The van der Waals surface area contributed by atoms with Crippen LogP contribution in [-0.2, 0) is 11.4 Å². The number of ether oxygens (including phenoxy) is 4. The molecule has 0 radical (unpaired) electrons.